The molecule has 18 heavy (non-hydrogen) atoms. The van der Waals surface area contributed by atoms with E-state index in [1.54, 1.807) is 0 Å². The first-order valence-electron chi connectivity index (χ1n) is 5.11. The molecule has 1 rings (SSSR count). The van der Waals surface area contributed by atoms with E-state index in [1.165, 1.54) is 6.07 Å². The number of rotatable bonds is 6. The second-order valence-electron chi connectivity index (χ2n) is 3.80. The number of nitrogens with one attached hydrogen (secondary N) is 1. The number of nitrogens with zero attached hydrogens (tertiary/aromatic N) is 2. The average molecular weight is 274 g/mol. The Labute approximate surface area is 104 Å². The molecule has 0 radical (unpaired) electrons. The molecule has 1 aromatic rings. The molecule has 0 bridgehead atoms. The molecule has 0 saturated carbocycles. The molecule has 100 valence electrons. The van der Waals surface area contributed by atoms with Crippen LogP contribution in [0.5, 0.6) is 0 Å². The Kier molecular flexibility index (Phi) is 4.43. The van der Waals surface area contributed by atoms with Gasteiger partial charge in [0, 0.05) is 12.8 Å². The van der Waals surface area contributed by atoms with Gasteiger partial charge in [0.1, 0.15) is 21.5 Å². The quantitative estimate of drug-likeness (QED) is 0.437. The summed E-state index contributed by atoms with van der Waals surface area (Å²) < 4.78 is 21.8. The number of aromatic nitrogens is 1. The van der Waals surface area contributed by atoms with Gasteiger partial charge in [-0.15, -0.1) is 0 Å². The Morgan fingerprint density at radius 3 is 2.72 bits per heavy atom. The van der Waals surface area contributed by atoms with Crippen LogP contribution in [0.2, 0.25) is 0 Å². The molecule has 3 N–H and O–H groups in total. The molecular weight excluding hydrogens is 260 g/mol. The first-order valence-corrected chi connectivity index (χ1v) is 7.17. The maximum absolute atomic E-state index is 10.9. The molecule has 9 heteroatoms. The Morgan fingerprint density at radius 2 is 2.17 bits per heavy atom. The van der Waals surface area contributed by atoms with Crippen molar-refractivity contribution in [1.29, 1.82) is 0 Å². The van der Waals surface area contributed by atoms with Gasteiger partial charge in [-0.3, -0.25) is 10.1 Å². The lowest BCUT2D eigenvalue weighted by molar-refractivity contribution is -0.384. The minimum Gasteiger partial charge on any atom is -0.383 e. The van der Waals surface area contributed by atoms with Crippen molar-refractivity contribution >= 4 is 27.2 Å². The summed E-state index contributed by atoms with van der Waals surface area (Å²) in [4.78, 5) is 13.9. The number of sulfone groups is 1. The van der Waals surface area contributed by atoms with Gasteiger partial charge in [0.05, 0.1) is 22.8 Å². The third kappa shape index (κ3) is 4.95. The van der Waals surface area contributed by atoms with Crippen LogP contribution < -0.4 is 11.1 Å². The number of nitrogen functional groups attached to an aromatic ring is 1. The van der Waals surface area contributed by atoms with Crippen molar-refractivity contribution in [3.8, 4) is 0 Å². The lowest BCUT2D eigenvalue weighted by Gasteiger charge is -2.05. The molecule has 0 aliphatic rings. The van der Waals surface area contributed by atoms with Gasteiger partial charge >= 0.3 is 0 Å². The summed E-state index contributed by atoms with van der Waals surface area (Å²) in [7, 11) is -3.00. The van der Waals surface area contributed by atoms with Gasteiger partial charge in [0.25, 0.3) is 5.69 Å². The van der Waals surface area contributed by atoms with Crippen LogP contribution in [0.4, 0.5) is 17.3 Å². The zero-order valence-electron chi connectivity index (χ0n) is 9.79. The Balaban J connectivity index is 2.60. The zero-order valence-corrected chi connectivity index (χ0v) is 10.6. The molecule has 0 amide bonds. The summed E-state index contributed by atoms with van der Waals surface area (Å²) in [5.41, 5.74) is 5.26. The molecule has 0 atom stereocenters. The predicted molar refractivity (Wildman–Crippen MR) is 68.1 cm³/mol. The topological polar surface area (TPSA) is 128 Å². The molecule has 8 nitrogen and oxygen atoms in total. The molecular formula is C9H14N4O4S. The molecule has 0 aromatic carbocycles. The van der Waals surface area contributed by atoms with Crippen LogP contribution in [0.15, 0.2) is 12.1 Å². The van der Waals surface area contributed by atoms with Gasteiger partial charge in [-0.05, 0) is 6.42 Å². The summed E-state index contributed by atoms with van der Waals surface area (Å²) in [6, 6.07) is 2.40. The summed E-state index contributed by atoms with van der Waals surface area (Å²) in [5, 5.41) is 13.4. The monoisotopic (exact) mass is 274 g/mol. The van der Waals surface area contributed by atoms with Crippen molar-refractivity contribution < 1.29 is 13.3 Å². The summed E-state index contributed by atoms with van der Waals surface area (Å²) in [5.74, 6) is 0.342. The van der Waals surface area contributed by atoms with Crippen LogP contribution in [0, 0.1) is 10.1 Å². The number of pyridine rings is 1. The highest BCUT2D eigenvalue weighted by molar-refractivity contribution is 7.90. The predicted octanol–water partition coefficient (Wildman–Crippen LogP) is 0.419. The zero-order chi connectivity index (χ0) is 13.8. The van der Waals surface area contributed by atoms with E-state index in [0.29, 0.717) is 13.0 Å². The number of nitro groups is 1. The Morgan fingerprint density at radius 1 is 1.50 bits per heavy atom. The maximum Gasteiger partial charge on any atom is 0.276 e. The SMILES string of the molecule is CS(=O)(=O)CCCNc1cc([N+](=O)[O-])cc(N)n1. The number of anilines is 2. The molecule has 1 heterocycles. The van der Waals surface area contributed by atoms with Gasteiger partial charge in [-0.1, -0.05) is 0 Å². The summed E-state index contributed by atoms with van der Waals surface area (Å²) in [6.07, 6.45) is 1.54. The largest absolute Gasteiger partial charge is 0.383 e. The van der Waals surface area contributed by atoms with Gasteiger partial charge in [0.15, 0.2) is 0 Å². The van der Waals surface area contributed by atoms with E-state index in [1.807, 2.05) is 0 Å². The number of hydrogen-bond donors (Lipinski definition) is 2. The van der Waals surface area contributed by atoms with E-state index in [4.69, 9.17) is 5.73 Å². The minimum atomic E-state index is -3.00. The highest BCUT2D eigenvalue weighted by Crippen LogP contribution is 2.18. The third-order valence-electron chi connectivity index (χ3n) is 2.04. The molecule has 0 aliphatic heterocycles. The molecule has 1 aromatic heterocycles. The van der Waals surface area contributed by atoms with Gasteiger partial charge in [-0.25, -0.2) is 13.4 Å². The lowest BCUT2D eigenvalue weighted by Crippen LogP contribution is -2.11. The van der Waals surface area contributed by atoms with Gasteiger partial charge < -0.3 is 11.1 Å². The maximum atomic E-state index is 10.9. The van der Waals surface area contributed by atoms with Crippen LogP contribution >= 0.6 is 0 Å². The summed E-state index contributed by atoms with van der Waals surface area (Å²) in [6.45, 7) is 0.348. The van der Waals surface area contributed by atoms with Crippen molar-refractivity contribution in [2.24, 2.45) is 0 Å². The fourth-order valence-electron chi connectivity index (χ4n) is 1.28. The van der Waals surface area contributed by atoms with Crippen molar-refractivity contribution in [3.63, 3.8) is 0 Å². The molecule has 0 spiro atoms. The molecule has 0 unspecified atom stereocenters. The van der Waals surface area contributed by atoms with Crippen molar-refractivity contribution in [1.82, 2.24) is 4.98 Å². The number of nitrogens with two attached hydrogens (primary N) is 1. The van der Waals surface area contributed by atoms with E-state index in [0.717, 1.165) is 12.3 Å². The van der Waals surface area contributed by atoms with Crippen LogP contribution in [0.3, 0.4) is 0 Å². The Bertz CT molecular complexity index is 543. The minimum absolute atomic E-state index is 0.0369. The van der Waals surface area contributed by atoms with E-state index < -0.39 is 14.8 Å². The van der Waals surface area contributed by atoms with Crippen LogP contribution in [0.25, 0.3) is 0 Å². The van der Waals surface area contributed by atoms with E-state index in [9.17, 15) is 18.5 Å². The van der Waals surface area contributed by atoms with Gasteiger partial charge in [-0.2, -0.15) is 0 Å². The lowest BCUT2D eigenvalue weighted by atomic mass is 10.3. The smallest absolute Gasteiger partial charge is 0.276 e. The van der Waals surface area contributed by atoms with Gasteiger partial charge in [0.2, 0.25) is 0 Å². The molecule has 0 fully saturated rings. The first kappa shape index (κ1) is 14.2. The van der Waals surface area contributed by atoms with Crippen LogP contribution in [-0.4, -0.2) is 36.9 Å². The standard InChI is InChI=1S/C9H14N4O4S/c1-18(16,17)4-2-3-11-9-6-7(13(14)15)5-8(10)12-9/h5-6H,2-4H2,1H3,(H3,10,11,12). The fourth-order valence-corrected chi connectivity index (χ4v) is 1.95. The molecule has 0 saturated heterocycles. The van der Waals surface area contributed by atoms with E-state index >= 15 is 0 Å². The van der Waals surface area contributed by atoms with Crippen LogP contribution in [-0.2, 0) is 9.84 Å². The van der Waals surface area contributed by atoms with E-state index in [-0.39, 0.29) is 23.1 Å². The summed E-state index contributed by atoms with van der Waals surface area (Å²) >= 11 is 0. The first-order chi connectivity index (χ1) is 8.28. The number of hydrogen-bond acceptors (Lipinski definition) is 7. The fraction of sp³-hybridized carbons (Fsp3) is 0.444. The second-order valence-corrected chi connectivity index (χ2v) is 6.06. The van der Waals surface area contributed by atoms with Crippen molar-refractivity contribution in [2.75, 3.05) is 29.6 Å². The highest BCUT2D eigenvalue weighted by Gasteiger charge is 2.09. The van der Waals surface area contributed by atoms with Crippen molar-refractivity contribution in [2.45, 2.75) is 6.42 Å². The third-order valence-corrected chi connectivity index (χ3v) is 3.07. The van der Waals surface area contributed by atoms with E-state index in [2.05, 4.69) is 10.3 Å². The van der Waals surface area contributed by atoms with Crippen LogP contribution in [0.1, 0.15) is 6.42 Å². The second kappa shape index (κ2) is 5.63. The Hall–Kier alpha value is -1.90. The molecule has 0 aliphatic carbocycles. The normalized spacial score (nSPS) is 11.2. The highest BCUT2D eigenvalue weighted by atomic mass is 32.2. The van der Waals surface area contributed by atoms with Crippen molar-refractivity contribution in [3.05, 3.63) is 22.2 Å². The average Bonchev–Trinajstić information content (AvgIpc) is 2.22.